The molecule has 24 heavy (non-hydrogen) atoms. The third kappa shape index (κ3) is 3.27. The highest BCUT2D eigenvalue weighted by Gasteiger charge is 2.31. The Morgan fingerprint density at radius 3 is 2.62 bits per heavy atom. The summed E-state index contributed by atoms with van der Waals surface area (Å²) in [6, 6.07) is 14.4. The van der Waals surface area contributed by atoms with Gasteiger partial charge in [-0.15, -0.1) is 0 Å². The van der Waals surface area contributed by atoms with Crippen LogP contribution in [-0.4, -0.2) is 24.3 Å². The maximum atomic E-state index is 12.4. The van der Waals surface area contributed by atoms with Gasteiger partial charge in [0.1, 0.15) is 0 Å². The normalized spacial score (nSPS) is 14.9. The molecule has 4 N–H and O–H groups in total. The second kappa shape index (κ2) is 6.54. The summed E-state index contributed by atoms with van der Waals surface area (Å²) in [6.45, 7) is -0.228. The van der Waals surface area contributed by atoms with E-state index < -0.39 is 11.8 Å². The molecule has 0 spiro atoms. The summed E-state index contributed by atoms with van der Waals surface area (Å²) in [5, 5.41) is 5.25. The molecule has 1 unspecified atom stereocenters. The van der Waals surface area contributed by atoms with Gasteiger partial charge < -0.3 is 16.4 Å². The van der Waals surface area contributed by atoms with Gasteiger partial charge in [0.05, 0.1) is 12.5 Å². The van der Waals surface area contributed by atoms with Gasteiger partial charge in [-0.25, -0.2) is 0 Å². The van der Waals surface area contributed by atoms with Crippen molar-refractivity contribution in [2.75, 3.05) is 11.9 Å². The molecule has 2 aromatic carbocycles. The smallest absolute Gasteiger partial charge is 0.251 e. The number of nitrogens with two attached hydrogens (primary N) is 1. The lowest BCUT2D eigenvalue weighted by molar-refractivity contribution is -0.118. The number of fused-ring (bicyclic) bond motifs is 1. The minimum absolute atomic E-state index is 0.0941. The van der Waals surface area contributed by atoms with E-state index in [0.717, 1.165) is 12.0 Å². The summed E-state index contributed by atoms with van der Waals surface area (Å²) in [5.41, 5.74) is 8.12. The number of primary amides is 1. The zero-order valence-corrected chi connectivity index (χ0v) is 12.9. The van der Waals surface area contributed by atoms with Gasteiger partial charge in [-0.2, -0.15) is 0 Å². The van der Waals surface area contributed by atoms with Crippen molar-refractivity contribution in [1.82, 2.24) is 5.32 Å². The third-order valence-electron chi connectivity index (χ3n) is 3.99. The molecule has 2 aromatic rings. The molecule has 0 aliphatic heterocycles. The van der Waals surface area contributed by atoms with E-state index >= 15 is 0 Å². The molecule has 3 rings (SSSR count). The summed E-state index contributed by atoms with van der Waals surface area (Å²) < 4.78 is 0. The fourth-order valence-corrected chi connectivity index (χ4v) is 2.73. The van der Waals surface area contributed by atoms with Crippen LogP contribution in [0, 0.1) is 0 Å². The van der Waals surface area contributed by atoms with Gasteiger partial charge >= 0.3 is 0 Å². The van der Waals surface area contributed by atoms with Gasteiger partial charge in [-0.1, -0.05) is 30.3 Å². The number of amides is 3. The molecule has 6 nitrogen and oxygen atoms in total. The van der Waals surface area contributed by atoms with Crippen LogP contribution >= 0.6 is 0 Å². The molecule has 0 saturated carbocycles. The van der Waals surface area contributed by atoms with Gasteiger partial charge in [0.15, 0.2) is 0 Å². The zero-order valence-electron chi connectivity index (χ0n) is 12.9. The Bertz CT molecular complexity index is 817. The molecule has 0 fully saturated rings. The van der Waals surface area contributed by atoms with Crippen LogP contribution < -0.4 is 16.4 Å². The lowest BCUT2D eigenvalue weighted by Crippen LogP contribution is -2.33. The first-order valence-electron chi connectivity index (χ1n) is 7.60. The van der Waals surface area contributed by atoms with Crippen molar-refractivity contribution in [3.05, 3.63) is 65.2 Å². The number of carbonyl (C=O) groups excluding carboxylic acids is 3. The first-order valence-corrected chi connectivity index (χ1v) is 7.60. The van der Waals surface area contributed by atoms with E-state index in [1.165, 1.54) is 5.56 Å². The van der Waals surface area contributed by atoms with E-state index in [1.54, 1.807) is 24.3 Å². The van der Waals surface area contributed by atoms with Gasteiger partial charge in [-0.3, -0.25) is 14.4 Å². The van der Waals surface area contributed by atoms with Crippen LogP contribution in [0.15, 0.2) is 48.5 Å². The Labute approximate surface area is 139 Å². The van der Waals surface area contributed by atoms with Crippen molar-refractivity contribution in [2.24, 2.45) is 5.73 Å². The topological polar surface area (TPSA) is 101 Å². The van der Waals surface area contributed by atoms with E-state index in [2.05, 4.69) is 10.6 Å². The highest BCUT2D eigenvalue weighted by atomic mass is 16.2. The van der Waals surface area contributed by atoms with Crippen molar-refractivity contribution < 1.29 is 14.4 Å². The van der Waals surface area contributed by atoms with Crippen molar-refractivity contribution >= 4 is 23.4 Å². The summed E-state index contributed by atoms with van der Waals surface area (Å²) in [5.74, 6) is -1.28. The Hall–Kier alpha value is -3.15. The van der Waals surface area contributed by atoms with Crippen LogP contribution in [0.1, 0.15) is 27.4 Å². The number of rotatable bonds is 5. The monoisotopic (exact) mass is 323 g/mol. The Kier molecular flexibility index (Phi) is 4.29. The van der Waals surface area contributed by atoms with Crippen molar-refractivity contribution in [3.8, 4) is 0 Å². The van der Waals surface area contributed by atoms with E-state index in [0.29, 0.717) is 11.3 Å². The van der Waals surface area contributed by atoms with E-state index in [-0.39, 0.29) is 18.4 Å². The number of anilines is 1. The van der Waals surface area contributed by atoms with E-state index in [4.69, 9.17) is 5.73 Å². The molecular formula is C18H17N3O3. The number of benzene rings is 2. The molecule has 3 amide bonds. The largest absolute Gasteiger partial charge is 0.368 e. The molecule has 0 aromatic heterocycles. The maximum Gasteiger partial charge on any atom is 0.251 e. The number of nitrogens with one attached hydrogen (secondary N) is 2. The van der Waals surface area contributed by atoms with Crippen LogP contribution in [0.25, 0.3) is 0 Å². The van der Waals surface area contributed by atoms with Crippen molar-refractivity contribution in [1.29, 1.82) is 0 Å². The summed E-state index contributed by atoms with van der Waals surface area (Å²) in [4.78, 5) is 35.0. The molecule has 1 aliphatic carbocycles. The molecule has 0 bridgehead atoms. The third-order valence-corrected chi connectivity index (χ3v) is 3.99. The second-order valence-corrected chi connectivity index (χ2v) is 5.67. The van der Waals surface area contributed by atoms with Crippen molar-refractivity contribution in [2.45, 2.75) is 12.3 Å². The zero-order chi connectivity index (χ0) is 17.1. The van der Waals surface area contributed by atoms with Gasteiger partial charge in [-0.05, 0) is 35.7 Å². The van der Waals surface area contributed by atoms with Crippen LogP contribution in [0.3, 0.4) is 0 Å². The quantitative estimate of drug-likeness (QED) is 0.770. The highest BCUT2D eigenvalue weighted by Crippen LogP contribution is 2.35. The standard InChI is InChI=1S/C18H17N3O3/c19-16(22)10-20-17(23)12-5-3-6-13(8-12)21-18(24)15-9-11-4-1-2-7-14(11)15/h1-8,15H,9-10H2,(H2,19,22)(H,20,23)(H,21,24). The summed E-state index contributed by atoms with van der Waals surface area (Å²) in [6.07, 6.45) is 0.723. The summed E-state index contributed by atoms with van der Waals surface area (Å²) >= 11 is 0. The first-order chi connectivity index (χ1) is 11.5. The fourth-order valence-electron chi connectivity index (χ4n) is 2.73. The minimum atomic E-state index is -0.614. The Morgan fingerprint density at radius 2 is 1.88 bits per heavy atom. The van der Waals surface area contributed by atoms with Crippen LogP contribution in [0.5, 0.6) is 0 Å². The highest BCUT2D eigenvalue weighted by molar-refractivity contribution is 6.00. The molecule has 1 atom stereocenters. The van der Waals surface area contributed by atoms with Gasteiger partial charge in [0.25, 0.3) is 5.91 Å². The molecule has 0 saturated heterocycles. The second-order valence-electron chi connectivity index (χ2n) is 5.67. The van der Waals surface area contributed by atoms with Gasteiger partial charge in [0.2, 0.25) is 11.8 Å². The molecule has 6 heteroatoms. The number of hydrogen-bond donors (Lipinski definition) is 3. The number of hydrogen-bond acceptors (Lipinski definition) is 3. The Morgan fingerprint density at radius 1 is 1.08 bits per heavy atom. The van der Waals surface area contributed by atoms with Crippen LogP contribution in [0.4, 0.5) is 5.69 Å². The average molecular weight is 323 g/mol. The predicted molar refractivity (Wildman–Crippen MR) is 89.5 cm³/mol. The van der Waals surface area contributed by atoms with Crippen molar-refractivity contribution in [3.63, 3.8) is 0 Å². The Balaban J connectivity index is 1.66. The minimum Gasteiger partial charge on any atom is -0.368 e. The SMILES string of the molecule is NC(=O)CNC(=O)c1cccc(NC(=O)C2Cc3ccccc32)c1. The predicted octanol–water partition coefficient (Wildman–Crippen LogP) is 1.18. The molecule has 0 radical (unpaired) electrons. The average Bonchev–Trinajstić information content (AvgIpc) is 2.54. The van der Waals surface area contributed by atoms with Gasteiger partial charge in [0, 0.05) is 11.3 Å². The first kappa shape index (κ1) is 15.7. The maximum absolute atomic E-state index is 12.4. The van der Waals surface area contributed by atoms with Crippen LogP contribution in [-0.2, 0) is 16.0 Å². The molecular weight excluding hydrogens is 306 g/mol. The molecule has 122 valence electrons. The lowest BCUT2D eigenvalue weighted by atomic mass is 9.77. The molecule has 0 heterocycles. The summed E-state index contributed by atoms with van der Waals surface area (Å²) in [7, 11) is 0. The molecule has 1 aliphatic rings. The van der Waals surface area contributed by atoms with E-state index in [9.17, 15) is 14.4 Å². The fraction of sp³-hybridized carbons (Fsp3) is 0.167. The van der Waals surface area contributed by atoms with E-state index in [1.807, 2.05) is 24.3 Å². The number of carbonyl (C=O) groups is 3. The lowest BCUT2D eigenvalue weighted by Gasteiger charge is -2.28. The van der Waals surface area contributed by atoms with Crippen LogP contribution in [0.2, 0.25) is 0 Å².